The Hall–Kier alpha value is -2.60. The highest BCUT2D eigenvalue weighted by atomic mass is 35.5. The minimum absolute atomic E-state index is 0.172. The van der Waals surface area contributed by atoms with Crippen LogP contribution in [0.5, 0.6) is 0 Å². The molecule has 3 amide bonds. The Balaban J connectivity index is 1.74. The van der Waals surface area contributed by atoms with E-state index < -0.39 is 0 Å². The lowest BCUT2D eigenvalue weighted by Crippen LogP contribution is -2.28. The molecule has 2 heterocycles. The average molecular weight is 345 g/mol. The van der Waals surface area contributed by atoms with Gasteiger partial charge in [0.15, 0.2) is 0 Å². The first-order valence-electron chi connectivity index (χ1n) is 7.59. The molecule has 1 aliphatic rings. The Morgan fingerprint density at radius 2 is 2.21 bits per heavy atom. The normalized spacial score (nSPS) is 13.8. The predicted octanol–water partition coefficient (Wildman–Crippen LogP) is 2.50. The fraction of sp³-hybridized carbons (Fsp3) is 0.235. The number of halogens is 1. The summed E-state index contributed by atoms with van der Waals surface area (Å²) >= 11 is 6.14. The van der Waals surface area contributed by atoms with Crippen molar-refractivity contribution >= 4 is 29.2 Å². The average Bonchev–Trinajstić information content (AvgIpc) is 3.00. The van der Waals surface area contributed by atoms with E-state index >= 15 is 0 Å². The number of pyridine rings is 1. The molecule has 124 valence electrons. The summed E-state index contributed by atoms with van der Waals surface area (Å²) in [6, 6.07) is 8.62. The number of carbonyl (C=O) groups excluding carboxylic acids is 2. The van der Waals surface area contributed by atoms with Gasteiger partial charge in [-0.05, 0) is 36.8 Å². The van der Waals surface area contributed by atoms with Crippen molar-refractivity contribution in [1.29, 1.82) is 0 Å². The van der Waals surface area contributed by atoms with Crippen LogP contribution in [-0.4, -0.2) is 30.0 Å². The van der Waals surface area contributed by atoms with E-state index in [0.29, 0.717) is 35.9 Å². The van der Waals surface area contributed by atoms with Crippen molar-refractivity contribution < 1.29 is 9.59 Å². The summed E-state index contributed by atoms with van der Waals surface area (Å²) in [5, 5.41) is 5.90. The maximum Gasteiger partial charge on any atom is 0.321 e. The van der Waals surface area contributed by atoms with Crippen LogP contribution >= 0.6 is 11.6 Å². The maximum atomic E-state index is 12.4. The van der Waals surface area contributed by atoms with Crippen LogP contribution in [0.2, 0.25) is 5.02 Å². The molecule has 0 aliphatic carbocycles. The Morgan fingerprint density at radius 3 is 2.88 bits per heavy atom. The second kappa shape index (κ2) is 6.88. The Morgan fingerprint density at radius 1 is 1.38 bits per heavy atom. The number of benzene rings is 1. The number of aryl methyl sites for hydroxylation is 1. The molecule has 7 heteroatoms. The molecule has 1 aromatic heterocycles. The van der Waals surface area contributed by atoms with E-state index in [1.54, 1.807) is 29.3 Å². The zero-order chi connectivity index (χ0) is 17.1. The molecule has 0 unspecified atom stereocenters. The summed E-state index contributed by atoms with van der Waals surface area (Å²) in [5.74, 6) is -0.290. The smallest absolute Gasteiger partial charge is 0.321 e. The summed E-state index contributed by atoms with van der Waals surface area (Å²) in [6.45, 7) is 3.42. The molecule has 24 heavy (non-hydrogen) atoms. The van der Waals surface area contributed by atoms with E-state index in [-0.39, 0.29) is 11.9 Å². The summed E-state index contributed by atoms with van der Waals surface area (Å²) < 4.78 is 0. The summed E-state index contributed by atoms with van der Waals surface area (Å²) in [7, 11) is 0. The Kier molecular flexibility index (Phi) is 4.66. The second-order valence-electron chi connectivity index (χ2n) is 5.54. The highest BCUT2D eigenvalue weighted by molar-refractivity contribution is 6.34. The number of urea groups is 1. The summed E-state index contributed by atoms with van der Waals surface area (Å²) in [4.78, 5) is 29.9. The maximum absolute atomic E-state index is 12.4. The van der Waals surface area contributed by atoms with Gasteiger partial charge in [0.1, 0.15) is 0 Å². The van der Waals surface area contributed by atoms with Crippen LogP contribution < -0.4 is 15.5 Å². The lowest BCUT2D eigenvalue weighted by molar-refractivity contribution is 0.0951. The third-order valence-corrected chi connectivity index (χ3v) is 4.12. The first-order chi connectivity index (χ1) is 11.5. The molecule has 1 saturated heterocycles. The quantitative estimate of drug-likeness (QED) is 0.895. The number of amides is 3. The first kappa shape index (κ1) is 16.3. The number of aromatic nitrogens is 1. The van der Waals surface area contributed by atoms with Gasteiger partial charge in [0, 0.05) is 37.2 Å². The topological polar surface area (TPSA) is 74.3 Å². The zero-order valence-electron chi connectivity index (χ0n) is 13.2. The monoisotopic (exact) mass is 344 g/mol. The highest BCUT2D eigenvalue weighted by Crippen LogP contribution is 2.24. The van der Waals surface area contributed by atoms with Crippen LogP contribution in [0.3, 0.4) is 0 Å². The third kappa shape index (κ3) is 3.49. The molecule has 6 nitrogen and oxygen atoms in total. The van der Waals surface area contributed by atoms with Crippen LogP contribution in [-0.2, 0) is 6.54 Å². The molecule has 0 atom stereocenters. The van der Waals surface area contributed by atoms with Crippen molar-refractivity contribution in [2.75, 3.05) is 18.0 Å². The standard InChI is InChI=1S/C17H17ClN4O2/c1-11-2-3-12(9-20-11)10-21-16(23)14-8-13(4-5-15(14)18)22-7-6-19-17(22)24/h2-5,8-9H,6-7,10H2,1H3,(H,19,24)(H,21,23). The van der Waals surface area contributed by atoms with Crippen molar-refractivity contribution in [2.45, 2.75) is 13.5 Å². The van der Waals surface area contributed by atoms with Crippen LogP contribution in [0.1, 0.15) is 21.6 Å². The molecule has 0 saturated carbocycles. The fourth-order valence-electron chi connectivity index (χ4n) is 2.45. The van der Waals surface area contributed by atoms with Crippen LogP contribution in [0.25, 0.3) is 0 Å². The summed E-state index contributed by atoms with van der Waals surface area (Å²) in [6.07, 6.45) is 1.72. The zero-order valence-corrected chi connectivity index (χ0v) is 13.9. The Bertz CT molecular complexity index is 777. The lowest BCUT2D eigenvalue weighted by Gasteiger charge is -2.16. The molecule has 3 rings (SSSR count). The molecule has 0 radical (unpaired) electrons. The minimum Gasteiger partial charge on any atom is -0.348 e. The van der Waals surface area contributed by atoms with Crippen molar-refractivity contribution in [1.82, 2.24) is 15.6 Å². The Labute approximate surface area is 144 Å². The van der Waals surface area contributed by atoms with Crippen LogP contribution in [0.15, 0.2) is 36.5 Å². The largest absolute Gasteiger partial charge is 0.348 e. The van der Waals surface area contributed by atoms with Crippen molar-refractivity contribution in [3.63, 3.8) is 0 Å². The molecule has 2 aromatic rings. The fourth-order valence-corrected chi connectivity index (χ4v) is 2.66. The summed E-state index contributed by atoms with van der Waals surface area (Å²) in [5.41, 5.74) is 2.82. The molecule has 1 aromatic carbocycles. The predicted molar refractivity (Wildman–Crippen MR) is 92.3 cm³/mol. The number of rotatable bonds is 4. The van der Waals surface area contributed by atoms with Gasteiger partial charge < -0.3 is 10.6 Å². The number of nitrogens with one attached hydrogen (secondary N) is 2. The van der Waals surface area contributed by atoms with Gasteiger partial charge in [-0.15, -0.1) is 0 Å². The first-order valence-corrected chi connectivity index (χ1v) is 7.97. The number of hydrogen-bond acceptors (Lipinski definition) is 3. The van der Waals surface area contributed by atoms with E-state index in [9.17, 15) is 9.59 Å². The van der Waals surface area contributed by atoms with Gasteiger partial charge in [-0.25, -0.2) is 4.79 Å². The SMILES string of the molecule is Cc1ccc(CNC(=O)c2cc(N3CCNC3=O)ccc2Cl)cn1. The van der Waals surface area contributed by atoms with E-state index in [0.717, 1.165) is 11.3 Å². The molecule has 1 fully saturated rings. The minimum atomic E-state index is -0.290. The molecular weight excluding hydrogens is 328 g/mol. The molecule has 0 spiro atoms. The van der Waals surface area contributed by atoms with Gasteiger partial charge in [0.25, 0.3) is 5.91 Å². The van der Waals surface area contributed by atoms with Gasteiger partial charge in [-0.2, -0.15) is 0 Å². The van der Waals surface area contributed by atoms with E-state index in [4.69, 9.17) is 11.6 Å². The molecule has 2 N–H and O–H groups in total. The third-order valence-electron chi connectivity index (χ3n) is 3.79. The lowest BCUT2D eigenvalue weighted by atomic mass is 10.1. The van der Waals surface area contributed by atoms with Gasteiger partial charge in [0.2, 0.25) is 0 Å². The van der Waals surface area contributed by atoms with Crippen LogP contribution in [0, 0.1) is 6.92 Å². The van der Waals surface area contributed by atoms with Crippen molar-refractivity contribution in [3.05, 3.63) is 58.4 Å². The van der Waals surface area contributed by atoms with Gasteiger partial charge >= 0.3 is 6.03 Å². The number of nitrogens with zero attached hydrogens (tertiary/aromatic N) is 2. The van der Waals surface area contributed by atoms with Gasteiger partial charge in [-0.1, -0.05) is 17.7 Å². The molecular formula is C17H17ClN4O2. The number of carbonyl (C=O) groups is 2. The van der Waals surface area contributed by atoms with Crippen molar-refractivity contribution in [2.24, 2.45) is 0 Å². The molecule has 1 aliphatic heterocycles. The number of hydrogen-bond donors (Lipinski definition) is 2. The van der Waals surface area contributed by atoms with E-state index in [1.807, 2.05) is 19.1 Å². The van der Waals surface area contributed by atoms with E-state index in [1.165, 1.54) is 0 Å². The van der Waals surface area contributed by atoms with E-state index in [2.05, 4.69) is 15.6 Å². The van der Waals surface area contributed by atoms with Gasteiger partial charge in [-0.3, -0.25) is 14.7 Å². The van der Waals surface area contributed by atoms with Crippen molar-refractivity contribution in [3.8, 4) is 0 Å². The molecule has 0 bridgehead atoms. The second-order valence-corrected chi connectivity index (χ2v) is 5.95. The number of anilines is 1. The van der Waals surface area contributed by atoms with Crippen LogP contribution in [0.4, 0.5) is 10.5 Å². The highest BCUT2D eigenvalue weighted by Gasteiger charge is 2.22. The van der Waals surface area contributed by atoms with Gasteiger partial charge in [0.05, 0.1) is 10.6 Å².